The Morgan fingerprint density at radius 1 is 1.14 bits per heavy atom. The molecule has 0 aliphatic carbocycles. The maximum atomic E-state index is 12.9. The standard InChI is InChI=1S/C21H22ClF3N2O/c1-14-8-10-27(11-9-14)13-15-2-4-16(5-3-15)20(28)26-19-12-17(21(23,24)25)6-7-18(19)22/h2-7,12,14H,8-11,13H2,1H3,(H,26,28). The van der Waals surface area contributed by atoms with E-state index < -0.39 is 17.6 Å². The fraction of sp³-hybridized carbons (Fsp3) is 0.381. The van der Waals surface area contributed by atoms with Crippen LogP contribution in [0, 0.1) is 5.92 Å². The van der Waals surface area contributed by atoms with Crippen molar-refractivity contribution in [3.05, 3.63) is 64.2 Å². The molecular formula is C21H22ClF3N2O. The smallest absolute Gasteiger partial charge is 0.321 e. The third-order valence-electron chi connectivity index (χ3n) is 5.04. The molecule has 2 aromatic rings. The number of anilines is 1. The van der Waals surface area contributed by atoms with Crippen LogP contribution in [0.2, 0.25) is 5.02 Å². The molecule has 150 valence electrons. The molecule has 0 unspecified atom stereocenters. The number of carbonyl (C=O) groups excluding carboxylic acids is 1. The Morgan fingerprint density at radius 3 is 2.39 bits per heavy atom. The average Bonchev–Trinajstić information content (AvgIpc) is 2.65. The second kappa shape index (κ2) is 8.53. The molecule has 28 heavy (non-hydrogen) atoms. The maximum Gasteiger partial charge on any atom is 0.416 e. The van der Waals surface area contributed by atoms with Crippen molar-refractivity contribution in [1.82, 2.24) is 4.90 Å². The quantitative estimate of drug-likeness (QED) is 0.686. The number of nitrogens with zero attached hydrogens (tertiary/aromatic N) is 1. The van der Waals surface area contributed by atoms with Gasteiger partial charge in [-0.1, -0.05) is 30.7 Å². The molecule has 1 saturated heterocycles. The van der Waals surface area contributed by atoms with Crippen LogP contribution in [0.15, 0.2) is 42.5 Å². The van der Waals surface area contributed by atoms with Gasteiger partial charge >= 0.3 is 6.18 Å². The monoisotopic (exact) mass is 410 g/mol. The van der Waals surface area contributed by atoms with Crippen molar-refractivity contribution in [1.29, 1.82) is 0 Å². The summed E-state index contributed by atoms with van der Waals surface area (Å²) in [6.45, 7) is 5.23. The molecular weight excluding hydrogens is 389 g/mol. The van der Waals surface area contributed by atoms with Crippen molar-refractivity contribution in [2.75, 3.05) is 18.4 Å². The molecule has 2 aromatic carbocycles. The molecule has 1 heterocycles. The van der Waals surface area contributed by atoms with Gasteiger partial charge in [-0.15, -0.1) is 0 Å². The lowest BCUT2D eigenvalue weighted by atomic mass is 9.99. The zero-order valence-electron chi connectivity index (χ0n) is 15.5. The first-order chi connectivity index (χ1) is 13.2. The second-order valence-corrected chi connectivity index (χ2v) is 7.71. The lowest BCUT2D eigenvalue weighted by Crippen LogP contribution is -2.32. The van der Waals surface area contributed by atoms with Crippen molar-refractivity contribution in [2.24, 2.45) is 5.92 Å². The van der Waals surface area contributed by atoms with E-state index in [1.807, 2.05) is 12.1 Å². The Morgan fingerprint density at radius 2 is 1.79 bits per heavy atom. The van der Waals surface area contributed by atoms with Gasteiger partial charge in [0.1, 0.15) is 0 Å². The van der Waals surface area contributed by atoms with Crippen LogP contribution >= 0.6 is 11.6 Å². The van der Waals surface area contributed by atoms with Gasteiger partial charge in [-0.25, -0.2) is 0 Å². The molecule has 1 N–H and O–H groups in total. The number of nitrogens with one attached hydrogen (secondary N) is 1. The predicted octanol–water partition coefficient (Wildman–Crippen LogP) is 5.84. The van der Waals surface area contributed by atoms with E-state index >= 15 is 0 Å². The summed E-state index contributed by atoms with van der Waals surface area (Å²) in [6, 6.07) is 9.96. The van der Waals surface area contributed by atoms with Crippen LogP contribution in [-0.4, -0.2) is 23.9 Å². The Balaban J connectivity index is 1.65. The van der Waals surface area contributed by atoms with Crippen molar-refractivity contribution in [3.63, 3.8) is 0 Å². The van der Waals surface area contributed by atoms with Crippen molar-refractivity contribution < 1.29 is 18.0 Å². The summed E-state index contributed by atoms with van der Waals surface area (Å²) in [5, 5.41) is 2.52. The van der Waals surface area contributed by atoms with E-state index in [1.165, 1.54) is 12.8 Å². The Bertz CT molecular complexity index is 829. The lowest BCUT2D eigenvalue weighted by molar-refractivity contribution is -0.137. The number of rotatable bonds is 4. The van der Waals surface area contributed by atoms with Gasteiger partial charge in [0.05, 0.1) is 16.3 Å². The van der Waals surface area contributed by atoms with Crippen LogP contribution in [0.25, 0.3) is 0 Å². The van der Waals surface area contributed by atoms with E-state index in [4.69, 9.17) is 11.6 Å². The normalized spacial score (nSPS) is 16.2. The third-order valence-corrected chi connectivity index (χ3v) is 5.37. The molecule has 0 bridgehead atoms. The van der Waals surface area contributed by atoms with Crippen molar-refractivity contribution in [3.8, 4) is 0 Å². The van der Waals surface area contributed by atoms with Gasteiger partial charge in [-0.2, -0.15) is 13.2 Å². The molecule has 1 amide bonds. The van der Waals surface area contributed by atoms with E-state index in [-0.39, 0.29) is 10.7 Å². The van der Waals surface area contributed by atoms with E-state index in [1.54, 1.807) is 12.1 Å². The molecule has 1 aliphatic rings. The molecule has 0 radical (unpaired) electrons. The van der Waals surface area contributed by atoms with Crippen LogP contribution in [0.1, 0.15) is 41.3 Å². The van der Waals surface area contributed by atoms with Crippen molar-refractivity contribution >= 4 is 23.2 Å². The maximum absolute atomic E-state index is 12.9. The van der Waals surface area contributed by atoms with Gasteiger partial charge < -0.3 is 5.32 Å². The number of hydrogen-bond acceptors (Lipinski definition) is 2. The first-order valence-corrected chi connectivity index (χ1v) is 9.59. The number of alkyl halides is 3. The summed E-state index contributed by atoms with van der Waals surface area (Å²) in [6.07, 6.45) is -2.12. The van der Waals surface area contributed by atoms with Crippen LogP contribution in [0.3, 0.4) is 0 Å². The number of amides is 1. The summed E-state index contributed by atoms with van der Waals surface area (Å²) in [7, 11) is 0. The molecule has 0 saturated carbocycles. The minimum absolute atomic E-state index is 0.0531. The summed E-state index contributed by atoms with van der Waals surface area (Å²) in [4.78, 5) is 14.8. The van der Waals surface area contributed by atoms with Crippen LogP contribution in [0.4, 0.5) is 18.9 Å². The second-order valence-electron chi connectivity index (χ2n) is 7.30. The topological polar surface area (TPSA) is 32.3 Å². The van der Waals surface area contributed by atoms with E-state index in [9.17, 15) is 18.0 Å². The molecule has 3 rings (SSSR count). The predicted molar refractivity (Wildman–Crippen MR) is 105 cm³/mol. The van der Waals surface area contributed by atoms with Crippen LogP contribution in [-0.2, 0) is 12.7 Å². The summed E-state index contributed by atoms with van der Waals surface area (Å²) >= 11 is 5.93. The molecule has 0 spiro atoms. The Labute approximate surface area is 167 Å². The van der Waals surface area contributed by atoms with Gasteiger partial charge in [-0.3, -0.25) is 9.69 Å². The lowest BCUT2D eigenvalue weighted by Gasteiger charge is -2.30. The number of piperidine rings is 1. The Hall–Kier alpha value is -2.05. The zero-order chi connectivity index (χ0) is 20.3. The van der Waals surface area contributed by atoms with Gasteiger partial charge in [-0.05, 0) is 67.7 Å². The Kier molecular flexibility index (Phi) is 6.30. The third kappa shape index (κ3) is 5.26. The SMILES string of the molecule is CC1CCN(Cc2ccc(C(=O)Nc3cc(C(F)(F)F)ccc3Cl)cc2)CC1. The molecule has 1 fully saturated rings. The van der Waals surface area contributed by atoms with E-state index in [0.717, 1.165) is 49.3 Å². The highest BCUT2D eigenvalue weighted by atomic mass is 35.5. The molecule has 7 heteroatoms. The van der Waals surface area contributed by atoms with Gasteiger partial charge in [0.2, 0.25) is 0 Å². The van der Waals surface area contributed by atoms with Crippen LogP contribution < -0.4 is 5.32 Å². The van der Waals surface area contributed by atoms with Gasteiger partial charge in [0.25, 0.3) is 5.91 Å². The number of carbonyl (C=O) groups is 1. The van der Waals surface area contributed by atoms with Crippen LogP contribution in [0.5, 0.6) is 0 Å². The first-order valence-electron chi connectivity index (χ1n) is 9.22. The highest BCUT2D eigenvalue weighted by Crippen LogP contribution is 2.34. The minimum atomic E-state index is -4.50. The fourth-order valence-electron chi connectivity index (χ4n) is 3.23. The average molecular weight is 411 g/mol. The first kappa shape index (κ1) is 20.7. The molecule has 0 atom stereocenters. The fourth-order valence-corrected chi connectivity index (χ4v) is 3.40. The summed E-state index contributed by atoms with van der Waals surface area (Å²) < 4.78 is 38.6. The van der Waals surface area contributed by atoms with Gasteiger partial charge in [0.15, 0.2) is 0 Å². The highest BCUT2D eigenvalue weighted by Gasteiger charge is 2.31. The minimum Gasteiger partial charge on any atom is -0.321 e. The molecule has 3 nitrogen and oxygen atoms in total. The molecule has 0 aromatic heterocycles. The largest absolute Gasteiger partial charge is 0.416 e. The highest BCUT2D eigenvalue weighted by molar-refractivity contribution is 6.34. The number of halogens is 4. The molecule has 1 aliphatic heterocycles. The number of likely N-dealkylation sites (tertiary alicyclic amines) is 1. The summed E-state index contributed by atoms with van der Waals surface area (Å²) in [5.74, 6) is 0.268. The zero-order valence-corrected chi connectivity index (χ0v) is 16.3. The number of hydrogen-bond donors (Lipinski definition) is 1. The number of benzene rings is 2. The summed E-state index contributed by atoms with van der Waals surface area (Å²) in [5.41, 5.74) is 0.541. The van der Waals surface area contributed by atoms with Crippen molar-refractivity contribution in [2.45, 2.75) is 32.5 Å². The van der Waals surface area contributed by atoms with Gasteiger partial charge in [0, 0.05) is 12.1 Å². The van der Waals surface area contributed by atoms with E-state index in [2.05, 4.69) is 17.1 Å². The van der Waals surface area contributed by atoms with E-state index in [0.29, 0.717) is 5.56 Å².